The number of rotatable bonds is 4. The van der Waals surface area contributed by atoms with Gasteiger partial charge in [0.2, 0.25) is 0 Å². The maximum atomic E-state index is 11.1. The summed E-state index contributed by atoms with van der Waals surface area (Å²) >= 11 is 0. The van der Waals surface area contributed by atoms with Crippen LogP contribution < -0.4 is 4.74 Å². The van der Waals surface area contributed by atoms with E-state index in [0.717, 1.165) is 11.3 Å². The number of ether oxygens (including phenoxy) is 1. The summed E-state index contributed by atoms with van der Waals surface area (Å²) in [5.41, 5.74) is 0.818. The lowest BCUT2D eigenvalue weighted by atomic mass is 9.88. The van der Waals surface area contributed by atoms with E-state index in [9.17, 15) is 4.79 Å². The van der Waals surface area contributed by atoms with Gasteiger partial charge in [0.25, 0.3) is 0 Å². The molecule has 1 atom stereocenters. The van der Waals surface area contributed by atoms with Gasteiger partial charge in [-0.3, -0.25) is 4.79 Å². The van der Waals surface area contributed by atoms with Crippen molar-refractivity contribution in [3.8, 4) is 5.75 Å². The molecule has 1 rings (SSSR count). The van der Waals surface area contributed by atoms with E-state index in [1.807, 2.05) is 13.8 Å². The smallest absolute Gasteiger partial charge is 0.311 e. The summed E-state index contributed by atoms with van der Waals surface area (Å²) in [4.78, 5) is 11.1. The molecule has 1 aromatic carbocycles. The van der Waals surface area contributed by atoms with Crippen LogP contribution in [0, 0.1) is 5.92 Å². The molecule has 0 aliphatic rings. The number of methoxy groups -OCH3 is 1. The molecular formula is C12H16O3. The van der Waals surface area contributed by atoms with Gasteiger partial charge in [-0.1, -0.05) is 26.0 Å². The van der Waals surface area contributed by atoms with Gasteiger partial charge >= 0.3 is 5.97 Å². The molecule has 0 heterocycles. The Labute approximate surface area is 89.7 Å². The van der Waals surface area contributed by atoms with E-state index >= 15 is 0 Å². The molecule has 0 aliphatic carbocycles. The highest BCUT2D eigenvalue weighted by Crippen LogP contribution is 2.26. The molecule has 82 valence electrons. The zero-order valence-corrected chi connectivity index (χ0v) is 9.23. The number of hydrogen-bond acceptors (Lipinski definition) is 2. The van der Waals surface area contributed by atoms with Gasteiger partial charge in [-0.05, 0) is 23.6 Å². The fourth-order valence-corrected chi connectivity index (χ4v) is 1.62. The Morgan fingerprint density at radius 1 is 1.27 bits per heavy atom. The number of hydrogen-bond donors (Lipinski definition) is 1. The minimum atomic E-state index is -0.782. The van der Waals surface area contributed by atoms with E-state index < -0.39 is 11.9 Å². The average molecular weight is 208 g/mol. The molecule has 1 N–H and O–H groups in total. The third-order valence-corrected chi connectivity index (χ3v) is 2.41. The maximum Gasteiger partial charge on any atom is 0.311 e. The molecule has 3 heteroatoms. The van der Waals surface area contributed by atoms with E-state index in [2.05, 4.69) is 0 Å². The van der Waals surface area contributed by atoms with Gasteiger partial charge in [-0.15, -0.1) is 0 Å². The van der Waals surface area contributed by atoms with Gasteiger partial charge in [0.05, 0.1) is 13.0 Å². The fraction of sp³-hybridized carbons (Fsp3) is 0.417. The van der Waals surface area contributed by atoms with E-state index in [1.54, 1.807) is 31.4 Å². The van der Waals surface area contributed by atoms with Crippen molar-refractivity contribution in [2.75, 3.05) is 7.11 Å². The summed E-state index contributed by atoms with van der Waals surface area (Å²) < 4.78 is 5.02. The van der Waals surface area contributed by atoms with Gasteiger partial charge in [0.15, 0.2) is 0 Å². The van der Waals surface area contributed by atoms with Crippen LogP contribution in [0.4, 0.5) is 0 Å². The van der Waals surface area contributed by atoms with Crippen molar-refractivity contribution in [3.63, 3.8) is 0 Å². The Morgan fingerprint density at radius 2 is 1.80 bits per heavy atom. The Hall–Kier alpha value is -1.51. The molecule has 0 saturated heterocycles. The lowest BCUT2D eigenvalue weighted by Crippen LogP contribution is -2.17. The third kappa shape index (κ3) is 2.72. The molecule has 0 aromatic heterocycles. The second kappa shape index (κ2) is 4.82. The highest BCUT2D eigenvalue weighted by Gasteiger charge is 2.23. The van der Waals surface area contributed by atoms with Gasteiger partial charge < -0.3 is 9.84 Å². The van der Waals surface area contributed by atoms with Crippen LogP contribution in [0.5, 0.6) is 5.75 Å². The van der Waals surface area contributed by atoms with Crippen LogP contribution in [0.1, 0.15) is 25.3 Å². The second-order valence-corrected chi connectivity index (χ2v) is 3.83. The summed E-state index contributed by atoms with van der Waals surface area (Å²) in [7, 11) is 1.59. The van der Waals surface area contributed by atoms with Crippen LogP contribution in [-0.2, 0) is 4.79 Å². The zero-order valence-electron chi connectivity index (χ0n) is 9.23. The molecule has 0 radical (unpaired) electrons. The van der Waals surface area contributed by atoms with Crippen LogP contribution in [0.2, 0.25) is 0 Å². The lowest BCUT2D eigenvalue weighted by Gasteiger charge is -2.16. The predicted octanol–water partition coefficient (Wildman–Crippen LogP) is 2.52. The first-order chi connectivity index (χ1) is 7.06. The minimum absolute atomic E-state index is 0.0795. The van der Waals surface area contributed by atoms with E-state index in [-0.39, 0.29) is 5.92 Å². The Balaban J connectivity index is 2.97. The monoisotopic (exact) mass is 208 g/mol. The third-order valence-electron chi connectivity index (χ3n) is 2.41. The molecule has 0 bridgehead atoms. The summed E-state index contributed by atoms with van der Waals surface area (Å²) in [6.45, 7) is 3.81. The SMILES string of the molecule is COc1ccc([C@H](C(=O)O)C(C)C)cc1. The van der Waals surface area contributed by atoms with Crippen LogP contribution in [0.3, 0.4) is 0 Å². The maximum absolute atomic E-state index is 11.1. The first-order valence-corrected chi connectivity index (χ1v) is 4.93. The molecule has 0 saturated carbocycles. The quantitative estimate of drug-likeness (QED) is 0.827. The Bertz CT molecular complexity index is 327. The Morgan fingerprint density at radius 3 is 2.13 bits per heavy atom. The number of carboxylic acids is 1. The van der Waals surface area contributed by atoms with Crippen molar-refractivity contribution < 1.29 is 14.6 Å². The van der Waals surface area contributed by atoms with Gasteiger partial charge in [0, 0.05) is 0 Å². The first-order valence-electron chi connectivity index (χ1n) is 4.93. The van der Waals surface area contributed by atoms with Gasteiger partial charge in [0.1, 0.15) is 5.75 Å². The molecule has 3 nitrogen and oxygen atoms in total. The fourth-order valence-electron chi connectivity index (χ4n) is 1.62. The van der Waals surface area contributed by atoms with Crippen molar-refractivity contribution >= 4 is 5.97 Å². The molecular weight excluding hydrogens is 192 g/mol. The summed E-state index contributed by atoms with van der Waals surface area (Å²) in [6, 6.07) is 7.18. The minimum Gasteiger partial charge on any atom is -0.497 e. The zero-order chi connectivity index (χ0) is 11.4. The van der Waals surface area contributed by atoms with Crippen molar-refractivity contribution in [1.82, 2.24) is 0 Å². The van der Waals surface area contributed by atoms with Crippen LogP contribution >= 0.6 is 0 Å². The molecule has 15 heavy (non-hydrogen) atoms. The predicted molar refractivity (Wildman–Crippen MR) is 58.2 cm³/mol. The van der Waals surface area contributed by atoms with Crippen LogP contribution in [-0.4, -0.2) is 18.2 Å². The largest absolute Gasteiger partial charge is 0.497 e. The second-order valence-electron chi connectivity index (χ2n) is 3.83. The molecule has 0 amide bonds. The number of carboxylic acid groups (broad SMARTS) is 1. The van der Waals surface area contributed by atoms with E-state index in [1.165, 1.54) is 0 Å². The van der Waals surface area contributed by atoms with E-state index in [4.69, 9.17) is 9.84 Å². The number of carbonyl (C=O) groups is 1. The molecule has 0 spiro atoms. The number of aliphatic carboxylic acids is 1. The summed E-state index contributed by atoms with van der Waals surface area (Å²) in [6.07, 6.45) is 0. The first kappa shape index (κ1) is 11.6. The van der Waals surface area contributed by atoms with Crippen molar-refractivity contribution in [3.05, 3.63) is 29.8 Å². The van der Waals surface area contributed by atoms with Crippen molar-refractivity contribution in [1.29, 1.82) is 0 Å². The van der Waals surface area contributed by atoms with Crippen molar-refractivity contribution in [2.24, 2.45) is 5.92 Å². The van der Waals surface area contributed by atoms with Crippen LogP contribution in [0.15, 0.2) is 24.3 Å². The summed E-state index contributed by atoms with van der Waals surface area (Å²) in [5.74, 6) is -0.409. The topological polar surface area (TPSA) is 46.5 Å². The molecule has 0 fully saturated rings. The number of benzene rings is 1. The van der Waals surface area contributed by atoms with Gasteiger partial charge in [-0.25, -0.2) is 0 Å². The molecule has 1 aromatic rings. The highest BCUT2D eigenvalue weighted by atomic mass is 16.5. The normalized spacial score (nSPS) is 12.5. The lowest BCUT2D eigenvalue weighted by molar-refractivity contribution is -0.139. The van der Waals surface area contributed by atoms with Crippen molar-refractivity contribution in [2.45, 2.75) is 19.8 Å². The van der Waals surface area contributed by atoms with E-state index in [0.29, 0.717) is 0 Å². The highest BCUT2D eigenvalue weighted by molar-refractivity contribution is 5.76. The molecule has 0 aliphatic heterocycles. The molecule has 0 unspecified atom stereocenters. The average Bonchev–Trinajstić information content (AvgIpc) is 2.18. The Kier molecular flexibility index (Phi) is 3.72. The van der Waals surface area contributed by atoms with Crippen LogP contribution in [0.25, 0.3) is 0 Å². The standard InChI is InChI=1S/C12H16O3/c1-8(2)11(12(13)14)9-4-6-10(15-3)7-5-9/h4-8,11H,1-3H3,(H,13,14)/t11-/m1/s1. The summed E-state index contributed by atoms with van der Waals surface area (Å²) in [5, 5.41) is 9.09. The van der Waals surface area contributed by atoms with Gasteiger partial charge in [-0.2, -0.15) is 0 Å².